The lowest BCUT2D eigenvalue weighted by molar-refractivity contribution is 0.766. The maximum absolute atomic E-state index is 4.75. The molecular weight excluding hydrogens is 403 g/mol. The molecule has 4 N–H and O–H groups in total. The van der Waals surface area contributed by atoms with Crippen LogP contribution in [0.25, 0.3) is 0 Å². The van der Waals surface area contributed by atoms with Gasteiger partial charge in [0.05, 0.1) is 11.4 Å². The van der Waals surface area contributed by atoms with E-state index < -0.39 is 0 Å². The summed E-state index contributed by atoms with van der Waals surface area (Å²) in [6.45, 7) is 4.10. The summed E-state index contributed by atoms with van der Waals surface area (Å²) in [5.41, 5.74) is 6.44. The number of hydrogen-bond acceptors (Lipinski definition) is 7. The zero-order valence-electron chi connectivity index (χ0n) is 15.0. The second-order valence-corrected chi connectivity index (χ2v) is 6.68. The zero-order chi connectivity index (χ0) is 16.5. The van der Waals surface area contributed by atoms with Gasteiger partial charge in [-0.25, -0.2) is 4.98 Å². The molecule has 0 unspecified atom stereocenters. The molecular formula is C18H22Cl2N6S. The van der Waals surface area contributed by atoms with E-state index in [1.165, 1.54) is 4.88 Å². The number of aromatic nitrogens is 1. The Morgan fingerprint density at radius 1 is 0.889 bits per heavy atom. The summed E-state index contributed by atoms with van der Waals surface area (Å²) in [5, 5.41) is 9.33. The first-order chi connectivity index (χ1) is 11.7. The second-order valence-electron chi connectivity index (χ2n) is 5.50. The molecule has 1 aliphatic heterocycles. The molecule has 0 amide bonds. The molecule has 1 aliphatic rings. The maximum atomic E-state index is 4.75. The van der Waals surface area contributed by atoms with Crippen LogP contribution in [-0.2, 0) is 0 Å². The SMILES string of the molecule is Cc1nc(N2N=C(c3ccccc3)NN2c2ccccc2)sc1C.Cl.Cl.N. The maximum Gasteiger partial charge on any atom is 0.230 e. The number of rotatable bonds is 3. The van der Waals surface area contributed by atoms with Crippen LogP contribution < -0.4 is 21.8 Å². The third-order valence-corrected chi connectivity index (χ3v) is 4.87. The van der Waals surface area contributed by atoms with Crippen LogP contribution in [0, 0.1) is 13.8 Å². The molecule has 0 spiro atoms. The van der Waals surface area contributed by atoms with Crippen LogP contribution in [0.2, 0.25) is 0 Å². The Hall–Kier alpha value is -2.32. The molecule has 0 atom stereocenters. The van der Waals surface area contributed by atoms with Gasteiger partial charge in [0, 0.05) is 10.4 Å². The number of benzene rings is 2. The Morgan fingerprint density at radius 2 is 1.48 bits per heavy atom. The zero-order valence-corrected chi connectivity index (χ0v) is 17.4. The summed E-state index contributed by atoms with van der Waals surface area (Å²) < 4.78 is 0. The molecule has 4 rings (SSSR count). The van der Waals surface area contributed by atoms with Crippen molar-refractivity contribution in [3.8, 4) is 0 Å². The number of thiazole rings is 1. The van der Waals surface area contributed by atoms with Gasteiger partial charge in [0.1, 0.15) is 0 Å². The molecule has 0 saturated heterocycles. The van der Waals surface area contributed by atoms with Crippen LogP contribution in [0.5, 0.6) is 0 Å². The minimum Gasteiger partial charge on any atom is -0.344 e. The van der Waals surface area contributed by atoms with Gasteiger partial charge >= 0.3 is 0 Å². The van der Waals surface area contributed by atoms with Crippen LogP contribution in [0.15, 0.2) is 65.8 Å². The van der Waals surface area contributed by atoms with Crippen molar-refractivity contribution >= 4 is 52.8 Å². The topological polar surface area (TPSA) is 78.8 Å². The summed E-state index contributed by atoms with van der Waals surface area (Å²) in [4.78, 5) is 5.85. The fourth-order valence-electron chi connectivity index (χ4n) is 2.44. The van der Waals surface area contributed by atoms with Gasteiger partial charge < -0.3 is 6.15 Å². The number of aryl methyl sites for hydroxylation is 2. The van der Waals surface area contributed by atoms with E-state index >= 15 is 0 Å². The van der Waals surface area contributed by atoms with Gasteiger partial charge in [0.15, 0.2) is 5.84 Å². The summed E-state index contributed by atoms with van der Waals surface area (Å²) in [5.74, 6) is 0.796. The fourth-order valence-corrected chi connectivity index (χ4v) is 3.29. The van der Waals surface area contributed by atoms with Gasteiger partial charge in [-0.15, -0.1) is 35.0 Å². The predicted molar refractivity (Wildman–Crippen MR) is 119 cm³/mol. The predicted octanol–water partition coefficient (Wildman–Crippen LogP) is 4.87. The van der Waals surface area contributed by atoms with Crippen molar-refractivity contribution in [2.24, 2.45) is 5.10 Å². The molecule has 0 saturated carbocycles. The number of nitrogens with zero attached hydrogens (tertiary/aromatic N) is 4. The molecule has 0 fully saturated rings. The number of hydrogen-bond donors (Lipinski definition) is 2. The molecule has 0 aliphatic carbocycles. The van der Waals surface area contributed by atoms with Crippen LogP contribution in [-0.4, -0.2) is 10.8 Å². The van der Waals surface area contributed by atoms with Gasteiger partial charge in [0.2, 0.25) is 5.13 Å². The van der Waals surface area contributed by atoms with Crippen molar-refractivity contribution < 1.29 is 0 Å². The van der Waals surface area contributed by atoms with Crippen molar-refractivity contribution in [2.75, 3.05) is 10.2 Å². The molecule has 1 aromatic heterocycles. The number of halogens is 2. The van der Waals surface area contributed by atoms with E-state index in [2.05, 4.69) is 17.3 Å². The van der Waals surface area contributed by atoms with Gasteiger partial charge in [-0.05, 0) is 26.0 Å². The molecule has 3 aromatic rings. The highest BCUT2D eigenvalue weighted by Crippen LogP contribution is 2.30. The van der Waals surface area contributed by atoms with Gasteiger partial charge in [0.25, 0.3) is 0 Å². The number of para-hydroxylation sites is 1. The number of hydrazine groups is 2. The lowest BCUT2D eigenvalue weighted by Gasteiger charge is -2.25. The highest BCUT2D eigenvalue weighted by atomic mass is 35.5. The molecule has 144 valence electrons. The highest BCUT2D eigenvalue weighted by molar-refractivity contribution is 7.15. The molecule has 0 radical (unpaired) electrons. The second kappa shape index (κ2) is 9.57. The third kappa shape index (κ3) is 4.51. The number of amidine groups is 1. The first-order valence-electron chi connectivity index (χ1n) is 7.72. The molecule has 0 bridgehead atoms. The van der Waals surface area contributed by atoms with E-state index in [0.29, 0.717) is 0 Å². The van der Waals surface area contributed by atoms with Crippen LogP contribution in [0.4, 0.5) is 10.8 Å². The number of anilines is 2. The average Bonchev–Trinajstić information content (AvgIpc) is 3.21. The van der Waals surface area contributed by atoms with Crippen molar-refractivity contribution in [3.05, 3.63) is 76.8 Å². The minimum atomic E-state index is 0. The Morgan fingerprint density at radius 3 is 2.04 bits per heavy atom. The normalized spacial score (nSPS) is 12.3. The first kappa shape index (κ1) is 22.7. The van der Waals surface area contributed by atoms with Crippen molar-refractivity contribution in [3.63, 3.8) is 0 Å². The smallest absolute Gasteiger partial charge is 0.230 e. The Kier molecular flexibility index (Phi) is 8.05. The van der Waals surface area contributed by atoms with E-state index in [1.54, 1.807) is 11.3 Å². The largest absolute Gasteiger partial charge is 0.344 e. The summed E-state index contributed by atoms with van der Waals surface area (Å²) in [6, 6.07) is 20.2. The fraction of sp³-hybridized carbons (Fsp3) is 0.111. The highest BCUT2D eigenvalue weighted by Gasteiger charge is 2.28. The summed E-state index contributed by atoms with van der Waals surface area (Å²) >= 11 is 1.63. The number of nitrogens with one attached hydrogen (secondary N) is 1. The number of hydrazone groups is 1. The molecule has 2 heterocycles. The lowest BCUT2D eigenvalue weighted by atomic mass is 10.2. The molecule has 2 aromatic carbocycles. The van der Waals surface area contributed by atoms with Gasteiger partial charge in [-0.2, -0.15) is 5.12 Å². The van der Waals surface area contributed by atoms with E-state index in [1.807, 2.05) is 77.8 Å². The van der Waals surface area contributed by atoms with Gasteiger partial charge in [-0.3, -0.25) is 5.43 Å². The standard InChI is InChI=1S/C18H17N5S.2ClH.H3N/c1-13-14(2)24-18(19-13)23-21-17(15-9-5-3-6-10-15)20-22(23)16-11-7-4-8-12-16;;;/h3-12H,1-2H3,(H,20,21);2*1H;1H3. The molecule has 9 heteroatoms. The van der Waals surface area contributed by atoms with Crippen LogP contribution in [0.1, 0.15) is 16.1 Å². The third-order valence-electron chi connectivity index (χ3n) is 3.83. The lowest BCUT2D eigenvalue weighted by Crippen LogP contribution is -2.44. The average molecular weight is 425 g/mol. The van der Waals surface area contributed by atoms with Gasteiger partial charge in [-0.1, -0.05) is 59.9 Å². The van der Waals surface area contributed by atoms with Crippen molar-refractivity contribution in [2.45, 2.75) is 13.8 Å². The summed E-state index contributed by atoms with van der Waals surface area (Å²) in [6.07, 6.45) is 0. The van der Waals surface area contributed by atoms with E-state index in [-0.39, 0.29) is 31.0 Å². The van der Waals surface area contributed by atoms with Crippen molar-refractivity contribution in [1.29, 1.82) is 0 Å². The Bertz CT molecular complexity index is 866. The quantitative estimate of drug-likeness (QED) is 0.626. The Labute approximate surface area is 175 Å². The molecule has 6 nitrogen and oxygen atoms in total. The van der Waals surface area contributed by atoms with E-state index in [9.17, 15) is 0 Å². The van der Waals surface area contributed by atoms with Crippen LogP contribution in [0.3, 0.4) is 0 Å². The summed E-state index contributed by atoms with van der Waals surface area (Å²) in [7, 11) is 0. The minimum absolute atomic E-state index is 0. The van der Waals surface area contributed by atoms with Crippen molar-refractivity contribution in [1.82, 2.24) is 16.6 Å². The first-order valence-corrected chi connectivity index (χ1v) is 8.54. The monoisotopic (exact) mass is 424 g/mol. The van der Waals surface area contributed by atoms with E-state index in [0.717, 1.165) is 27.9 Å². The van der Waals surface area contributed by atoms with Crippen LogP contribution >= 0.6 is 36.2 Å². The Balaban J connectivity index is 0.00000121. The van der Waals surface area contributed by atoms with E-state index in [4.69, 9.17) is 5.10 Å². The molecule has 27 heavy (non-hydrogen) atoms.